The van der Waals surface area contributed by atoms with E-state index in [0.29, 0.717) is 6.42 Å². The maximum Gasteiger partial charge on any atom is 0.330 e. The first-order valence-electron chi connectivity index (χ1n) is 7.25. The summed E-state index contributed by atoms with van der Waals surface area (Å²) in [6.45, 7) is 2.23. The van der Waals surface area contributed by atoms with Gasteiger partial charge in [-0.15, -0.1) is 0 Å². The molecule has 0 bridgehead atoms. The van der Waals surface area contributed by atoms with Crippen molar-refractivity contribution in [1.82, 2.24) is 5.32 Å². The summed E-state index contributed by atoms with van der Waals surface area (Å²) in [4.78, 5) is 35.5. The average molecular weight is 307 g/mol. The summed E-state index contributed by atoms with van der Waals surface area (Å²) < 4.78 is 17.9. The number of esters is 2. The first-order chi connectivity index (χ1) is 10.5. The van der Waals surface area contributed by atoms with E-state index >= 15 is 0 Å². The quantitative estimate of drug-likeness (QED) is 0.510. The molecule has 1 fully saturated rings. The van der Waals surface area contributed by atoms with Crippen LogP contribution in [0.5, 0.6) is 0 Å². The van der Waals surface area contributed by atoms with Crippen molar-refractivity contribution in [3.8, 4) is 0 Å². The third-order valence-electron chi connectivity index (χ3n) is 3.59. The molecule has 2 atom stereocenters. The van der Waals surface area contributed by atoms with Crippen molar-refractivity contribution in [2.75, 3.05) is 6.54 Å². The van der Waals surface area contributed by atoms with Crippen LogP contribution in [-0.2, 0) is 14.3 Å². The normalized spacial score (nSPS) is 18.7. The van der Waals surface area contributed by atoms with Crippen molar-refractivity contribution in [2.24, 2.45) is 5.92 Å². The lowest BCUT2D eigenvalue weighted by Gasteiger charge is -2.12. The van der Waals surface area contributed by atoms with Crippen LogP contribution in [0.15, 0.2) is 24.3 Å². The van der Waals surface area contributed by atoms with Crippen LogP contribution in [0.2, 0.25) is 0 Å². The predicted octanol–water partition coefficient (Wildman–Crippen LogP) is 1.86. The number of nitrogens with one attached hydrogen (secondary N) is 1. The molecule has 1 aromatic rings. The molecule has 2 rings (SSSR count). The summed E-state index contributed by atoms with van der Waals surface area (Å²) >= 11 is 0. The molecule has 1 aliphatic heterocycles. The monoisotopic (exact) mass is 307 g/mol. The Morgan fingerprint density at radius 3 is 2.82 bits per heavy atom. The van der Waals surface area contributed by atoms with Gasteiger partial charge in [0.05, 0.1) is 5.92 Å². The van der Waals surface area contributed by atoms with Crippen molar-refractivity contribution in [1.29, 1.82) is 0 Å². The second kappa shape index (κ2) is 7.26. The SMILES string of the molecule is CC(CC(=O)c1cccc(F)c1)C(=O)OC(=O)[C@@H]1CCCN1. The van der Waals surface area contributed by atoms with Crippen LogP contribution in [-0.4, -0.2) is 30.3 Å². The van der Waals surface area contributed by atoms with E-state index in [2.05, 4.69) is 5.32 Å². The van der Waals surface area contributed by atoms with E-state index in [1.807, 2.05) is 0 Å². The van der Waals surface area contributed by atoms with Crippen LogP contribution in [0, 0.1) is 11.7 Å². The van der Waals surface area contributed by atoms with Crippen LogP contribution in [0.1, 0.15) is 36.5 Å². The number of hydrogen-bond donors (Lipinski definition) is 1. The third kappa shape index (κ3) is 4.21. The number of ether oxygens (including phenoxy) is 1. The van der Waals surface area contributed by atoms with Gasteiger partial charge in [-0.1, -0.05) is 19.1 Å². The first-order valence-corrected chi connectivity index (χ1v) is 7.25. The minimum absolute atomic E-state index is 0.131. The molecular weight excluding hydrogens is 289 g/mol. The molecule has 118 valence electrons. The molecule has 6 heteroatoms. The maximum atomic E-state index is 13.1. The fraction of sp³-hybridized carbons (Fsp3) is 0.438. The minimum Gasteiger partial charge on any atom is -0.392 e. The van der Waals surface area contributed by atoms with Gasteiger partial charge < -0.3 is 10.1 Å². The van der Waals surface area contributed by atoms with Crippen LogP contribution in [0.4, 0.5) is 4.39 Å². The van der Waals surface area contributed by atoms with Gasteiger partial charge in [0.15, 0.2) is 5.78 Å². The lowest BCUT2D eigenvalue weighted by Crippen LogP contribution is -2.35. The Kier molecular flexibility index (Phi) is 5.38. The Bertz CT molecular complexity index is 581. The van der Waals surface area contributed by atoms with Gasteiger partial charge in [0.1, 0.15) is 11.9 Å². The van der Waals surface area contributed by atoms with Crippen molar-refractivity contribution in [2.45, 2.75) is 32.2 Å². The molecule has 1 N–H and O–H groups in total. The van der Waals surface area contributed by atoms with E-state index in [1.165, 1.54) is 25.1 Å². The smallest absolute Gasteiger partial charge is 0.330 e. The zero-order valence-electron chi connectivity index (χ0n) is 12.3. The zero-order chi connectivity index (χ0) is 16.1. The van der Waals surface area contributed by atoms with E-state index in [1.54, 1.807) is 0 Å². The molecule has 0 aliphatic carbocycles. The number of rotatable bonds is 5. The zero-order valence-corrected chi connectivity index (χ0v) is 12.3. The van der Waals surface area contributed by atoms with Crippen molar-refractivity contribution >= 4 is 17.7 Å². The van der Waals surface area contributed by atoms with Crippen molar-refractivity contribution in [3.05, 3.63) is 35.6 Å². The summed E-state index contributed by atoms with van der Waals surface area (Å²) in [7, 11) is 0. The van der Waals surface area contributed by atoms with E-state index in [9.17, 15) is 18.8 Å². The van der Waals surface area contributed by atoms with Crippen LogP contribution in [0.3, 0.4) is 0 Å². The average Bonchev–Trinajstić information content (AvgIpc) is 3.01. The highest BCUT2D eigenvalue weighted by Gasteiger charge is 2.28. The molecular formula is C16H18FNO4. The standard InChI is InChI=1S/C16H18FNO4/c1-10(8-14(19)11-4-2-5-12(17)9-11)15(20)22-16(21)13-6-3-7-18-13/h2,4-5,9-10,13,18H,3,6-8H2,1H3/t10?,13-/m0/s1. The Balaban J connectivity index is 1.88. The third-order valence-corrected chi connectivity index (χ3v) is 3.59. The number of ketones is 1. The van der Waals surface area contributed by atoms with Gasteiger partial charge in [0, 0.05) is 12.0 Å². The van der Waals surface area contributed by atoms with E-state index in [-0.39, 0.29) is 17.8 Å². The number of carbonyl (C=O) groups excluding carboxylic acids is 3. The second-order valence-corrected chi connectivity index (χ2v) is 5.43. The summed E-state index contributed by atoms with van der Waals surface area (Å²) in [6.07, 6.45) is 1.37. The predicted molar refractivity (Wildman–Crippen MR) is 76.6 cm³/mol. The molecule has 1 saturated heterocycles. The number of halogens is 1. The van der Waals surface area contributed by atoms with Gasteiger partial charge in [0.2, 0.25) is 0 Å². The molecule has 1 aromatic carbocycles. The molecule has 1 aliphatic rings. The Labute approximate surface area is 127 Å². The fourth-order valence-electron chi connectivity index (χ4n) is 2.30. The van der Waals surface area contributed by atoms with Crippen LogP contribution >= 0.6 is 0 Å². The van der Waals surface area contributed by atoms with E-state index < -0.39 is 29.7 Å². The summed E-state index contributed by atoms with van der Waals surface area (Å²) in [5, 5.41) is 2.94. The second-order valence-electron chi connectivity index (χ2n) is 5.43. The van der Waals surface area contributed by atoms with Gasteiger partial charge >= 0.3 is 11.9 Å². The highest BCUT2D eigenvalue weighted by atomic mass is 19.1. The van der Waals surface area contributed by atoms with Crippen molar-refractivity contribution < 1.29 is 23.5 Å². The molecule has 1 unspecified atom stereocenters. The molecule has 1 heterocycles. The fourth-order valence-corrected chi connectivity index (χ4v) is 2.30. The van der Waals surface area contributed by atoms with Gasteiger partial charge in [0.25, 0.3) is 0 Å². The van der Waals surface area contributed by atoms with Gasteiger partial charge in [-0.3, -0.25) is 9.59 Å². The highest BCUT2D eigenvalue weighted by Crippen LogP contribution is 2.14. The molecule has 0 aromatic heterocycles. The molecule has 22 heavy (non-hydrogen) atoms. The molecule has 0 radical (unpaired) electrons. The number of benzene rings is 1. The van der Waals surface area contributed by atoms with Gasteiger partial charge in [-0.25, -0.2) is 9.18 Å². The molecule has 5 nitrogen and oxygen atoms in total. The lowest BCUT2D eigenvalue weighted by atomic mass is 10.00. The molecule has 0 spiro atoms. The van der Waals surface area contributed by atoms with Gasteiger partial charge in [-0.05, 0) is 31.5 Å². The lowest BCUT2D eigenvalue weighted by molar-refractivity contribution is -0.163. The number of Topliss-reactive ketones (excluding diaryl/α,β-unsaturated/α-hetero) is 1. The molecule has 0 saturated carbocycles. The number of carbonyl (C=O) groups is 3. The maximum absolute atomic E-state index is 13.1. The summed E-state index contributed by atoms with van der Waals surface area (Å²) in [5.41, 5.74) is 0.198. The Morgan fingerprint density at radius 1 is 1.41 bits per heavy atom. The Hall–Kier alpha value is -2.08. The van der Waals surface area contributed by atoms with Crippen LogP contribution in [0.25, 0.3) is 0 Å². The van der Waals surface area contributed by atoms with Crippen LogP contribution < -0.4 is 5.32 Å². The first kappa shape index (κ1) is 16.3. The topological polar surface area (TPSA) is 72.5 Å². The van der Waals surface area contributed by atoms with Crippen molar-refractivity contribution in [3.63, 3.8) is 0 Å². The summed E-state index contributed by atoms with van der Waals surface area (Å²) in [6, 6.07) is 4.82. The largest absolute Gasteiger partial charge is 0.392 e. The van der Waals surface area contributed by atoms with E-state index in [4.69, 9.17) is 4.74 Å². The van der Waals surface area contributed by atoms with E-state index in [0.717, 1.165) is 19.0 Å². The summed E-state index contributed by atoms with van der Waals surface area (Å²) in [5.74, 6) is -2.98. The minimum atomic E-state index is -0.763. The number of hydrogen-bond acceptors (Lipinski definition) is 5. The Morgan fingerprint density at radius 2 is 2.18 bits per heavy atom. The van der Waals surface area contributed by atoms with Gasteiger partial charge in [-0.2, -0.15) is 0 Å². The molecule has 0 amide bonds. The highest BCUT2D eigenvalue weighted by molar-refractivity contribution is 5.99.